The molecule has 6 nitrogen and oxygen atoms in total. The predicted octanol–water partition coefficient (Wildman–Crippen LogP) is 2.88. The van der Waals surface area contributed by atoms with Gasteiger partial charge in [-0.1, -0.05) is 32.6 Å². The Morgan fingerprint density at radius 2 is 2.00 bits per heavy atom. The third kappa shape index (κ3) is 3.57. The second-order valence-corrected chi connectivity index (χ2v) is 7.79. The first-order chi connectivity index (χ1) is 12.7. The number of hydrogen-bond donors (Lipinski definition) is 0. The minimum Gasteiger partial charge on any atom is -0.461 e. The van der Waals surface area contributed by atoms with Crippen LogP contribution in [-0.4, -0.2) is 36.7 Å². The van der Waals surface area contributed by atoms with Crippen molar-refractivity contribution >= 4 is 17.9 Å². The van der Waals surface area contributed by atoms with Gasteiger partial charge in [0.05, 0.1) is 5.92 Å². The molecule has 27 heavy (non-hydrogen) atoms. The number of rotatable bonds is 4. The van der Waals surface area contributed by atoms with Crippen molar-refractivity contribution in [3.63, 3.8) is 0 Å². The minimum atomic E-state index is -0.454. The fourth-order valence-electron chi connectivity index (χ4n) is 4.22. The molecule has 0 amide bonds. The summed E-state index contributed by atoms with van der Waals surface area (Å²) in [6.45, 7) is 13.2. The van der Waals surface area contributed by atoms with Gasteiger partial charge in [-0.15, -0.1) is 0 Å². The van der Waals surface area contributed by atoms with Crippen molar-refractivity contribution in [3.05, 3.63) is 35.5 Å². The molecule has 0 unspecified atom stereocenters. The SMILES string of the molecule is C=C1[C@H]2C(=C(COC(=O)C(C)C)CC[C@H]3C(=C)C(=O)O[C@H]23)C[C@@H]1OC(C)=O. The van der Waals surface area contributed by atoms with Crippen molar-refractivity contribution in [1.82, 2.24) is 0 Å². The third-order valence-electron chi connectivity index (χ3n) is 5.65. The van der Waals surface area contributed by atoms with E-state index in [-0.39, 0.29) is 48.4 Å². The van der Waals surface area contributed by atoms with E-state index in [1.54, 1.807) is 13.8 Å². The third-order valence-corrected chi connectivity index (χ3v) is 5.65. The standard InChI is InChI=1S/C21H26O6/c1-10(2)20(23)25-9-14-6-7-15-11(3)21(24)27-19(15)18-12(4)17(8-16(14)18)26-13(5)22/h10,15,17-19H,3-4,6-9H2,1-2,5H3/t15-,17-,18-,19-/m0/s1. The molecule has 3 aliphatic rings. The fraction of sp³-hybridized carbons (Fsp3) is 0.571. The molecule has 3 rings (SSSR count). The Morgan fingerprint density at radius 3 is 2.63 bits per heavy atom. The van der Waals surface area contributed by atoms with Crippen LogP contribution in [0.1, 0.15) is 40.0 Å². The summed E-state index contributed by atoms with van der Waals surface area (Å²) in [7, 11) is 0. The predicted molar refractivity (Wildman–Crippen MR) is 97.4 cm³/mol. The Hall–Kier alpha value is -2.37. The van der Waals surface area contributed by atoms with Crippen molar-refractivity contribution in [3.8, 4) is 0 Å². The summed E-state index contributed by atoms with van der Waals surface area (Å²) in [5, 5.41) is 0. The quantitative estimate of drug-likeness (QED) is 0.326. The van der Waals surface area contributed by atoms with E-state index in [9.17, 15) is 14.4 Å². The molecule has 1 saturated heterocycles. The van der Waals surface area contributed by atoms with Crippen LogP contribution < -0.4 is 0 Å². The molecule has 1 aliphatic heterocycles. The van der Waals surface area contributed by atoms with Gasteiger partial charge in [-0.05, 0) is 24.0 Å². The lowest BCUT2D eigenvalue weighted by atomic mass is 9.84. The zero-order valence-electron chi connectivity index (χ0n) is 16.1. The topological polar surface area (TPSA) is 78.9 Å². The van der Waals surface area contributed by atoms with Crippen molar-refractivity contribution in [2.24, 2.45) is 17.8 Å². The van der Waals surface area contributed by atoms with Crippen LogP contribution in [0.4, 0.5) is 0 Å². The first kappa shape index (κ1) is 19.4. The normalized spacial score (nSPS) is 30.0. The van der Waals surface area contributed by atoms with Gasteiger partial charge >= 0.3 is 17.9 Å². The van der Waals surface area contributed by atoms with Crippen LogP contribution in [0.15, 0.2) is 35.5 Å². The van der Waals surface area contributed by atoms with E-state index in [1.807, 2.05) is 0 Å². The molecule has 0 radical (unpaired) electrons. The summed E-state index contributed by atoms with van der Waals surface area (Å²) in [5.41, 5.74) is 3.22. The summed E-state index contributed by atoms with van der Waals surface area (Å²) in [6.07, 6.45) is 1.03. The highest BCUT2D eigenvalue weighted by Gasteiger charge is 2.51. The minimum absolute atomic E-state index is 0.108. The number of carbonyl (C=O) groups is 3. The summed E-state index contributed by atoms with van der Waals surface area (Å²) >= 11 is 0. The molecular weight excluding hydrogens is 348 g/mol. The van der Waals surface area contributed by atoms with Crippen LogP contribution in [0.25, 0.3) is 0 Å². The molecule has 6 heteroatoms. The zero-order valence-corrected chi connectivity index (χ0v) is 16.1. The number of esters is 3. The van der Waals surface area contributed by atoms with Crippen molar-refractivity contribution in [2.75, 3.05) is 6.61 Å². The van der Waals surface area contributed by atoms with E-state index in [0.29, 0.717) is 24.8 Å². The van der Waals surface area contributed by atoms with E-state index in [1.165, 1.54) is 6.92 Å². The molecule has 0 aromatic rings. The zero-order chi connectivity index (χ0) is 19.9. The molecule has 0 aromatic heterocycles. The Morgan fingerprint density at radius 1 is 1.30 bits per heavy atom. The second-order valence-electron chi connectivity index (χ2n) is 7.79. The smallest absolute Gasteiger partial charge is 0.334 e. The molecule has 1 saturated carbocycles. The number of carbonyl (C=O) groups excluding carboxylic acids is 3. The van der Waals surface area contributed by atoms with Gasteiger partial charge in [0.2, 0.25) is 0 Å². The molecule has 146 valence electrons. The van der Waals surface area contributed by atoms with Crippen LogP contribution in [0, 0.1) is 17.8 Å². The van der Waals surface area contributed by atoms with E-state index in [4.69, 9.17) is 14.2 Å². The maximum absolute atomic E-state index is 12.1. The summed E-state index contributed by atoms with van der Waals surface area (Å²) in [5.74, 6) is -1.56. The van der Waals surface area contributed by atoms with Gasteiger partial charge < -0.3 is 14.2 Å². The van der Waals surface area contributed by atoms with Crippen molar-refractivity contribution < 1.29 is 28.6 Å². The highest BCUT2D eigenvalue weighted by Crippen LogP contribution is 2.50. The van der Waals surface area contributed by atoms with E-state index in [2.05, 4.69) is 13.2 Å². The maximum Gasteiger partial charge on any atom is 0.334 e. The van der Waals surface area contributed by atoms with E-state index in [0.717, 1.165) is 16.7 Å². The molecule has 4 atom stereocenters. The van der Waals surface area contributed by atoms with Crippen LogP contribution in [0.2, 0.25) is 0 Å². The fourth-order valence-corrected chi connectivity index (χ4v) is 4.22. The monoisotopic (exact) mass is 374 g/mol. The maximum atomic E-state index is 12.1. The number of fused-ring (bicyclic) bond motifs is 3. The lowest BCUT2D eigenvalue weighted by molar-refractivity contribution is -0.146. The number of hydrogen-bond acceptors (Lipinski definition) is 6. The van der Waals surface area contributed by atoms with Gasteiger partial charge in [0, 0.05) is 30.8 Å². The molecule has 0 bridgehead atoms. The Bertz CT molecular complexity index is 744. The largest absolute Gasteiger partial charge is 0.461 e. The lowest BCUT2D eigenvalue weighted by Gasteiger charge is -2.24. The summed E-state index contributed by atoms with van der Waals surface area (Å²) in [4.78, 5) is 35.4. The van der Waals surface area contributed by atoms with Gasteiger partial charge in [0.15, 0.2) is 0 Å². The highest BCUT2D eigenvalue weighted by molar-refractivity contribution is 5.91. The molecular formula is C21H26O6. The average molecular weight is 374 g/mol. The average Bonchev–Trinajstić information content (AvgIpc) is 2.99. The second kappa shape index (κ2) is 7.33. The van der Waals surface area contributed by atoms with Crippen LogP contribution >= 0.6 is 0 Å². The molecule has 0 aromatic carbocycles. The summed E-state index contributed by atoms with van der Waals surface area (Å²) in [6, 6.07) is 0. The molecule has 2 aliphatic carbocycles. The first-order valence-electron chi connectivity index (χ1n) is 9.33. The van der Waals surface area contributed by atoms with E-state index >= 15 is 0 Å². The Kier molecular flexibility index (Phi) is 5.27. The van der Waals surface area contributed by atoms with Crippen LogP contribution in [0.3, 0.4) is 0 Å². The Balaban J connectivity index is 1.93. The van der Waals surface area contributed by atoms with Gasteiger partial charge in [0.25, 0.3) is 0 Å². The van der Waals surface area contributed by atoms with Gasteiger partial charge in [-0.2, -0.15) is 0 Å². The molecule has 0 spiro atoms. The molecule has 0 N–H and O–H groups in total. The van der Waals surface area contributed by atoms with Gasteiger partial charge in [-0.25, -0.2) is 4.79 Å². The highest BCUT2D eigenvalue weighted by atomic mass is 16.6. The van der Waals surface area contributed by atoms with Crippen molar-refractivity contribution in [2.45, 2.75) is 52.2 Å². The van der Waals surface area contributed by atoms with Gasteiger partial charge in [0.1, 0.15) is 18.8 Å². The van der Waals surface area contributed by atoms with Crippen LogP contribution in [0.5, 0.6) is 0 Å². The van der Waals surface area contributed by atoms with Gasteiger partial charge in [-0.3, -0.25) is 9.59 Å². The first-order valence-corrected chi connectivity index (χ1v) is 9.33. The molecule has 1 heterocycles. The molecule has 2 fully saturated rings. The van der Waals surface area contributed by atoms with E-state index < -0.39 is 6.10 Å². The Labute approximate surface area is 159 Å². The van der Waals surface area contributed by atoms with Crippen LogP contribution in [-0.2, 0) is 28.6 Å². The number of ether oxygens (including phenoxy) is 3. The van der Waals surface area contributed by atoms with Crippen molar-refractivity contribution in [1.29, 1.82) is 0 Å². The lowest BCUT2D eigenvalue weighted by Crippen LogP contribution is -2.27. The summed E-state index contributed by atoms with van der Waals surface area (Å²) < 4.78 is 16.5.